The Morgan fingerprint density at radius 2 is 1.87 bits per heavy atom. The van der Waals surface area contributed by atoms with Crippen molar-refractivity contribution in [2.45, 2.75) is 66.1 Å². The van der Waals surface area contributed by atoms with Gasteiger partial charge in [-0.3, -0.25) is 9.97 Å². The van der Waals surface area contributed by atoms with Gasteiger partial charge in [0.25, 0.3) is 0 Å². The number of ether oxygens (including phenoxy) is 1. The van der Waals surface area contributed by atoms with E-state index in [-0.39, 0.29) is 5.41 Å². The normalized spacial score (nSPS) is 17.5. The van der Waals surface area contributed by atoms with Gasteiger partial charge in [0.1, 0.15) is 5.82 Å². The lowest BCUT2D eigenvalue weighted by atomic mass is 9.82. The molecule has 0 radical (unpaired) electrons. The van der Waals surface area contributed by atoms with Gasteiger partial charge in [0, 0.05) is 47.9 Å². The first-order valence-electron chi connectivity index (χ1n) is 10.6. The number of nitrogens with zero attached hydrogens (tertiary/aromatic N) is 3. The molecule has 0 unspecified atom stereocenters. The van der Waals surface area contributed by atoms with Gasteiger partial charge in [0.05, 0.1) is 17.5 Å². The number of rotatable bonds is 5. The maximum atomic E-state index is 14.0. The molecule has 3 rings (SSSR count). The van der Waals surface area contributed by atoms with E-state index in [0.717, 1.165) is 37.8 Å². The van der Waals surface area contributed by atoms with Gasteiger partial charge in [0.2, 0.25) is 0 Å². The highest BCUT2D eigenvalue weighted by molar-refractivity contribution is 5.86. The van der Waals surface area contributed by atoms with Crippen LogP contribution in [0.2, 0.25) is 0 Å². The van der Waals surface area contributed by atoms with Crippen LogP contribution in [-0.2, 0) is 9.53 Å². The Hall–Kier alpha value is -2.54. The zero-order valence-corrected chi connectivity index (χ0v) is 19.2. The van der Waals surface area contributed by atoms with E-state index in [0.29, 0.717) is 22.4 Å². The molecule has 0 saturated carbocycles. The van der Waals surface area contributed by atoms with Crippen LogP contribution in [0.1, 0.15) is 64.8 Å². The molecule has 2 aromatic heterocycles. The molecule has 3 heterocycles. The van der Waals surface area contributed by atoms with Crippen LogP contribution in [0.5, 0.6) is 0 Å². The maximum Gasteiger partial charge on any atom is 0.337 e. The number of aliphatic carboxylic acids is 1. The molecule has 1 fully saturated rings. The number of anilines is 1. The smallest absolute Gasteiger partial charge is 0.337 e. The monoisotopic (exact) mass is 429 g/mol. The molecule has 168 valence electrons. The summed E-state index contributed by atoms with van der Waals surface area (Å²) in [6.45, 7) is 13.3. The predicted molar refractivity (Wildman–Crippen MR) is 119 cm³/mol. The topological polar surface area (TPSA) is 75.5 Å². The summed E-state index contributed by atoms with van der Waals surface area (Å²) in [6.07, 6.45) is 5.15. The summed E-state index contributed by atoms with van der Waals surface area (Å²) in [7, 11) is 0. The second kappa shape index (κ2) is 8.54. The van der Waals surface area contributed by atoms with Gasteiger partial charge in [-0.05, 0) is 52.0 Å². The van der Waals surface area contributed by atoms with Gasteiger partial charge in [-0.2, -0.15) is 0 Å². The molecule has 0 bridgehead atoms. The third-order valence-electron chi connectivity index (χ3n) is 5.69. The fraction of sp³-hybridized carbons (Fsp3) is 0.542. The lowest BCUT2D eigenvalue weighted by Crippen LogP contribution is -2.39. The first-order valence-corrected chi connectivity index (χ1v) is 10.6. The fourth-order valence-electron chi connectivity index (χ4n) is 3.96. The highest BCUT2D eigenvalue weighted by Gasteiger charge is 2.35. The fourth-order valence-corrected chi connectivity index (χ4v) is 3.96. The third-order valence-corrected chi connectivity index (χ3v) is 5.69. The Bertz CT molecular complexity index is 959. The Morgan fingerprint density at radius 1 is 1.23 bits per heavy atom. The van der Waals surface area contributed by atoms with Crippen LogP contribution in [0.3, 0.4) is 0 Å². The van der Waals surface area contributed by atoms with Gasteiger partial charge in [-0.15, -0.1) is 0 Å². The Balaban J connectivity index is 2.23. The number of hydrogen-bond acceptors (Lipinski definition) is 5. The summed E-state index contributed by atoms with van der Waals surface area (Å²) in [5.74, 6) is -1.53. The SMILES string of the molecule is Cc1ncc(-c2cncc(F)c2)c(N2CCC(C)(C)CC2)c1[C@H](OC(C)(C)C)C(=O)O. The van der Waals surface area contributed by atoms with Crippen molar-refractivity contribution in [3.05, 3.63) is 41.7 Å². The molecule has 1 atom stereocenters. The number of carboxylic acids is 1. The average molecular weight is 430 g/mol. The molecule has 31 heavy (non-hydrogen) atoms. The van der Waals surface area contributed by atoms with Crippen molar-refractivity contribution in [2.24, 2.45) is 5.41 Å². The van der Waals surface area contributed by atoms with Crippen molar-refractivity contribution in [1.82, 2.24) is 9.97 Å². The highest BCUT2D eigenvalue weighted by atomic mass is 19.1. The number of halogens is 1. The van der Waals surface area contributed by atoms with Gasteiger partial charge < -0.3 is 14.7 Å². The second-order valence-corrected chi connectivity index (χ2v) is 10.0. The van der Waals surface area contributed by atoms with Crippen LogP contribution in [0.25, 0.3) is 11.1 Å². The lowest BCUT2D eigenvalue weighted by Gasteiger charge is -2.40. The zero-order chi connectivity index (χ0) is 23.0. The maximum absolute atomic E-state index is 14.0. The minimum atomic E-state index is -1.20. The number of pyridine rings is 2. The zero-order valence-electron chi connectivity index (χ0n) is 19.2. The number of aromatic nitrogens is 2. The van der Waals surface area contributed by atoms with Crippen LogP contribution in [0.4, 0.5) is 10.1 Å². The molecule has 1 aliphatic rings. The molecule has 1 aliphatic heterocycles. The standard InChI is InChI=1S/C24H32FN3O3/c1-15-19(21(22(29)30)31-23(2,3)4)20(28-9-7-24(5,6)8-10-28)18(14-27-15)16-11-17(25)13-26-12-16/h11-14,21H,7-10H2,1-6H3,(H,29,30)/t21-/m0/s1. The summed E-state index contributed by atoms with van der Waals surface area (Å²) >= 11 is 0. The van der Waals surface area contributed by atoms with E-state index in [2.05, 4.69) is 28.7 Å². The minimum Gasteiger partial charge on any atom is -0.479 e. The summed E-state index contributed by atoms with van der Waals surface area (Å²) < 4.78 is 20.0. The Morgan fingerprint density at radius 3 is 2.42 bits per heavy atom. The van der Waals surface area contributed by atoms with E-state index in [9.17, 15) is 14.3 Å². The Kier molecular flexibility index (Phi) is 6.37. The van der Waals surface area contributed by atoms with Gasteiger partial charge >= 0.3 is 5.97 Å². The molecule has 0 amide bonds. The second-order valence-electron chi connectivity index (χ2n) is 10.0. The summed E-state index contributed by atoms with van der Waals surface area (Å²) in [5.41, 5.74) is 2.62. The minimum absolute atomic E-state index is 0.216. The molecule has 1 N–H and O–H groups in total. The molecule has 7 heteroatoms. The Labute approximate surface area is 183 Å². The number of carboxylic acid groups (broad SMARTS) is 1. The molecule has 0 aromatic carbocycles. The van der Waals surface area contributed by atoms with Crippen LogP contribution < -0.4 is 4.90 Å². The number of aryl methyl sites for hydroxylation is 1. The van der Waals surface area contributed by atoms with Gasteiger partial charge in [-0.1, -0.05) is 13.8 Å². The van der Waals surface area contributed by atoms with E-state index in [1.165, 1.54) is 6.07 Å². The van der Waals surface area contributed by atoms with Gasteiger partial charge in [-0.25, -0.2) is 9.18 Å². The van der Waals surface area contributed by atoms with Crippen molar-refractivity contribution < 1.29 is 19.0 Å². The first-order chi connectivity index (χ1) is 14.4. The average Bonchev–Trinajstić information content (AvgIpc) is 2.65. The van der Waals surface area contributed by atoms with Gasteiger partial charge in [0.15, 0.2) is 6.10 Å². The molecule has 0 spiro atoms. The molecular formula is C24H32FN3O3. The highest BCUT2D eigenvalue weighted by Crippen LogP contribution is 2.43. The van der Waals surface area contributed by atoms with E-state index >= 15 is 0 Å². The molecule has 1 saturated heterocycles. The lowest BCUT2D eigenvalue weighted by molar-refractivity contribution is -0.160. The molecular weight excluding hydrogens is 397 g/mol. The van der Waals surface area contributed by atoms with E-state index in [1.54, 1.807) is 19.3 Å². The largest absolute Gasteiger partial charge is 0.479 e. The molecule has 6 nitrogen and oxygen atoms in total. The van der Waals surface area contributed by atoms with E-state index in [1.807, 2.05) is 20.8 Å². The van der Waals surface area contributed by atoms with Crippen molar-refractivity contribution in [3.8, 4) is 11.1 Å². The van der Waals surface area contributed by atoms with Crippen LogP contribution in [0.15, 0.2) is 24.7 Å². The van der Waals surface area contributed by atoms with Crippen molar-refractivity contribution in [1.29, 1.82) is 0 Å². The first kappa shape index (κ1) is 23.1. The van der Waals surface area contributed by atoms with E-state index in [4.69, 9.17) is 4.74 Å². The van der Waals surface area contributed by atoms with E-state index < -0.39 is 23.5 Å². The number of piperidine rings is 1. The quantitative estimate of drug-likeness (QED) is 0.708. The molecule has 0 aliphatic carbocycles. The summed E-state index contributed by atoms with van der Waals surface area (Å²) in [6, 6.07) is 1.40. The van der Waals surface area contributed by atoms with Crippen LogP contribution in [-0.4, -0.2) is 39.7 Å². The third kappa shape index (κ3) is 5.39. The molecule has 2 aromatic rings. The number of hydrogen-bond donors (Lipinski definition) is 1. The van der Waals surface area contributed by atoms with Crippen LogP contribution >= 0.6 is 0 Å². The van der Waals surface area contributed by atoms with Crippen molar-refractivity contribution in [3.63, 3.8) is 0 Å². The van der Waals surface area contributed by atoms with Crippen molar-refractivity contribution in [2.75, 3.05) is 18.0 Å². The van der Waals surface area contributed by atoms with Crippen LogP contribution in [0, 0.1) is 18.2 Å². The summed E-state index contributed by atoms with van der Waals surface area (Å²) in [5, 5.41) is 10.1. The number of carbonyl (C=O) groups is 1. The predicted octanol–water partition coefficient (Wildman–Crippen LogP) is 5.16. The summed E-state index contributed by atoms with van der Waals surface area (Å²) in [4.78, 5) is 23.0. The van der Waals surface area contributed by atoms with Crippen molar-refractivity contribution >= 4 is 11.7 Å².